The van der Waals surface area contributed by atoms with E-state index in [2.05, 4.69) is 20.8 Å². The second-order valence-corrected chi connectivity index (χ2v) is 4.40. The molecule has 16 heavy (non-hydrogen) atoms. The van der Waals surface area contributed by atoms with Crippen molar-refractivity contribution < 1.29 is 13.2 Å². The first kappa shape index (κ1) is 16.2. The number of nitrogens with zero attached hydrogens (tertiary/aromatic N) is 2. The molecule has 0 aromatic rings. The van der Waals surface area contributed by atoms with Gasteiger partial charge in [-0.15, -0.1) is 0 Å². The number of hydrogen-bond donors (Lipinski definition) is 0. The number of alkyl halides is 4. The Bertz CT molecular complexity index is 172. The summed E-state index contributed by atoms with van der Waals surface area (Å²) < 4.78 is 36.7. The molecule has 0 aromatic heterocycles. The molecular formula is C10H20BrF3N2. The third-order valence-corrected chi connectivity index (χ3v) is 2.79. The molecule has 0 aliphatic heterocycles. The number of hydrogen-bond acceptors (Lipinski definition) is 2. The molecule has 0 aliphatic carbocycles. The minimum absolute atomic E-state index is 0.431. The van der Waals surface area contributed by atoms with Crippen LogP contribution in [0, 0.1) is 0 Å². The highest BCUT2D eigenvalue weighted by Crippen LogP contribution is 2.16. The molecule has 0 aromatic carbocycles. The zero-order valence-electron chi connectivity index (χ0n) is 9.86. The molecule has 0 unspecified atom stereocenters. The van der Waals surface area contributed by atoms with Gasteiger partial charge in [0.2, 0.25) is 0 Å². The van der Waals surface area contributed by atoms with E-state index in [0.717, 1.165) is 13.1 Å². The number of rotatable bonds is 8. The van der Waals surface area contributed by atoms with E-state index >= 15 is 0 Å². The van der Waals surface area contributed by atoms with Crippen LogP contribution in [0.15, 0.2) is 0 Å². The lowest BCUT2D eigenvalue weighted by molar-refractivity contribution is -0.145. The summed E-state index contributed by atoms with van der Waals surface area (Å²) in [4.78, 5) is 3.56. The highest BCUT2D eigenvalue weighted by molar-refractivity contribution is 9.09. The predicted molar refractivity (Wildman–Crippen MR) is 64.1 cm³/mol. The smallest absolute Gasteiger partial charge is 0.303 e. The molecule has 6 heteroatoms. The van der Waals surface area contributed by atoms with Crippen molar-refractivity contribution in [2.75, 3.05) is 44.6 Å². The first-order valence-corrected chi connectivity index (χ1v) is 6.62. The van der Waals surface area contributed by atoms with E-state index in [-0.39, 0.29) is 0 Å². The van der Waals surface area contributed by atoms with E-state index in [1.165, 1.54) is 4.90 Å². The van der Waals surface area contributed by atoms with Crippen LogP contribution in [-0.4, -0.2) is 60.6 Å². The van der Waals surface area contributed by atoms with Crippen LogP contribution in [0.25, 0.3) is 0 Å². The molecule has 98 valence electrons. The van der Waals surface area contributed by atoms with Gasteiger partial charge in [-0.05, 0) is 13.1 Å². The summed E-state index contributed by atoms with van der Waals surface area (Å²) >= 11 is 3.18. The molecule has 0 rings (SSSR count). The average Bonchev–Trinajstić information content (AvgIpc) is 2.17. The van der Waals surface area contributed by atoms with Crippen LogP contribution in [0.5, 0.6) is 0 Å². The van der Waals surface area contributed by atoms with E-state index in [1.807, 2.05) is 13.8 Å². The molecule has 0 saturated heterocycles. The minimum Gasteiger partial charge on any atom is -0.303 e. The van der Waals surface area contributed by atoms with Crippen molar-refractivity contribution in [3.8, 4) is 0 Å². The SMILES string of the molecule is CCN(CC)CCN(CCBr)CC(F)(F)F. The van der Waals surface area contributed by atoms with Crippen LogP contribution in [0.3, 0.4) is 0 Å². The van der Waals surface area contributed by atoms with Crippen molar-refractivity contribution >= 4 is 15.9 Å². The van der Waals surface area contributed by atoms with E-state index in [0.29, 0.717) is 25.0 Å². The van der Waals surface area contributed by atoms with Gasteiger partial charge >= 0.3 is 6.18 Å². The fraction of sp³-hybridized carbons (Fsp3) is 1.00. The first-order chi connectivity index (χ1) is 7.42. The van der Waals surface area contributed by atoms with Gasteiger partial charge in [0, 0.05) is 25.0 Å². The highest BCUT2D eigenvalue weighted by atomic mass is 79.9. The zero-order valence-corrected chi connectivity index (χ0v) is 11.4. The molecule has 0 heterocycles. The lowest BCUT2D eigenvalue weighted by Gasteiger charge is -2.26. The largest absolute Gasteiger partial charge is 0.401 e. The summed E-state index contributed by atoms with van der Waals surface area (Å²) in [5.74, 6) is 0. The molecule has 0 saturated carbocycles. The Morgan fingerprint density at radius 1 is 0.938 bits per heavy atom. The van der Waals surface area contributed by atoms with Gasteiger partial charge in [-0.1, -0.05) is 29.8 Å². The molecular weight excluding hydrogens is 285 g/mol. The molecule has 0 bridgehead atoms. The monoisotopic (exact) mass is 304 g/mol. The van der Waals surface area contributed by atoms with Crippen molar-refractivity contribution in [1.82, 2.24) is 9.80 Å². The molecule has 0 radical (unpaired) electrons. The highest BCUT2D eigenvalue weighted by Gasteiger charge is 2.30. The van der Waals surface area contributed by atoms with Crippen LogP contribution < -0.4 is 0 Å². The van der Waals surface area contributed by atoms with Crippen molar-refractivity contribution in [3.63, 3.8) is 0 Å². The van der Waals surface area contributed by atoms with Gasteiger partial charge in [0.25, 0.3) is 0 Å². The van der Waals surface area contributed by atoms with E-state index < -0.39 is 12.7 Å². The normalized spacial score (nSPS) is 12.8. The Kier molecular flexibility index (Phi) is 8.40. The summed E-state index contributed by atoms with van der Waals surface area (Å²) in [6.07, 6.45) is -4.11. The van der Waals surface area contributed by atoms with Crippen molar-refractivity contribution in [3.05, 3.63) is 0 Å². The van der Waals surface area contributed by atoms with Gasteiger partial charge in [0.1, 0.15) is 0 Å². The maximum atomic E-state index is 12.2. The van der Waals surface area contributed by atoms with E-state index in [1.54, 1.807) is 0 Å². The molecule has 0 atom stereocenters. The van der Waals surface area contributed by atoms with Gasteiger partial charge < -0.3 is 4.90 Å². The number of halogens is 4. The quantitative estimate of drug-likeness (QED) is 0.636. The summed E-state index contributed by atoms with van der Waals surface area (Å²) in [5, 5.41) is 0.571. The summed E-state index contributed by atoms with van der Waals surface area (Å²) in [6, 6.07) is 0. The Morgan fingerprint density at radius 2 is 1.44 bits per heavy atom. The van der Waals surface area contributed by atoms with Gasteiger partial charge in [-0.25, -0.2) is 0 Å². The summed E-state index contributed by atoms with van der Waals surface area (Å²) in [7, 11) is 0. The molecule has 0 N–H and O–H groups in total. The predicted octanol–water partition coefficient (Wildman–Crippen LogP) is 2.59. The Hall–Kier alpha value is 0.190. The molecule has 2 nitrogen and oxygen atoms in total. The maximum absolute atomic E-state index is 12.2. The Labute approximate surface area is 104 Å². The van der Waals surface area contributed by atoms with E-state index in [4.69, 9.17) is 0 Å². The lowest BCUT2D eigenvalue weighted by atomic mass is 10.4. The maximum Gasteiger partial charge on any atom is 0.401 e. The fourth-order valence-corrected chi connectivity index (χ4v) is 1.97. The molecule has 0 fully saturated rings. The van der Waals surface area contributed by atoms with Crippen molar-refractivity contribution in [2.45, 2.75) is 20.0 Å². The summed E-state index contributed by atoms with van der Waals surface area (Å²) in [5.41, 5.74) is 0. The minimum atomic E-state index is -4.11. The van der Waals surface area contributed by atoms with Gasteiger partial charge in [0.05, 0.1) is 6.54 Å². The third-order valence-electron chi connectivity index (χ3n) is 2.43. The standard InChI is InChI=1S/C10H20BrF3N2/c1-3-15(4-2)7-8-16(6-5-11)9-10(12,13)14/h3-9H2,1-2H3. The van der Waals surface area contributed by atoms with Crippen LogP contribution in [0.4, 0.5) is 13.2 Å². The lowest BCUT2D eigenvalue weighted by Crippen LogP contribution is -2.40. The van der Waals surface area contributed by atoms with Crippen LogP contribution in [-0.2, 0) is 0 Å². The average molecular weight is 305 g/mol. The second-order valence-electron chi connectivity index (χ2n) is 3.61. The third kappa shape index (κ3) is 8.35. The fourth-order valence-electron chi connectivity index (χ4n) is 1.47. The Balaban J connectivity index is 4.02. The van der Waals surface area contributed by atoms with E-state index in [9.17, 15) is 13.2 Å². The second kappa shape index (κ2) is 8.31. The Morgan fingerprint density at radius 3 is 1.81 bits per heavy atom. The van der Waals surface area contributed by atoms with Crippen LogP contribution in [0.2, 0.25) is 0 Å². The zero-order chi connectivity index (χ0) is 12.6. The van der Waals surface area contributed by atoms with Crippen molar-refractivity contribution in [1.29, 1.82) is 0 Å². The first-order valence-electron chi connectivity index (χ1n) is 5.50. The summed E-state index contributed by atoms with van der Waals surface area (Å²) in [6.45, 7) is 6.56. The van der Waals surface area contributed by atoms with Crippen molar-refractivity contribution in [2.24, 2.45) is 0 Å². The van der Waals surface area contributed by atoms with Gasteiger partial charge in [-0.3, -0.25) is 4.90 Å². The van der Waals surface area contributed by atoms with Crippen LogP contribution >= 0.6 is 15.9 Å². The topological polar surface area (TPSA) is 6.48 Å². The molecule has 0 spiro atoms. The van der Waals surface area contributed by atoms with Gasteiger partial charge in [-0.2, -0.15) is 13.2 Å². The molecule has 0 amide bonds. The van der Waals surface area contributed by atoms with Gasteiger partial charge in [0.15, 0.2) is 0 Å². The molecule has 0 aliphatic rings. The number of likely N-dealkylation sites (N-methyl/N-ethyl adjacent to an activating group) is 1. The van der Waals surface area contributed by atoms with Crippen LogP contribution in [0.1, 0.15) is 13.8 Å².